The summed E-state index contributed by atoms with van der Waals surface area (Å²) in [6.45, 7) is 4.14. The van der Waals surface area contributed by atoms with Gasteiger partial charge < -0.3 is 10.1 Å². The van der Waals surface area contributed by atoms with Gasteiger partial charge in [0.05, 0.1) is 6.61 Å². The number of para-hydroxylation sites is 1. The van der Waals surface area contributed by atoms with Crippen molar-refractivity contribution < 1.29 is 4.74 Å². The Hall–Kier alpha value is -1.02. The molecule has 1 aromatic rings. The lowest BCUT2D eigenvalue weighted by Gasteiger charge is -2.25. The molecular formula is C17H27NO. The highest BCUT2D eigenvalue weighted by atomic mass is 16.5. The van der Waals surface area contributed by atoms with E-state index in [1.807, 2.05) is 30.3 Å². The topological polar surface area (TPSA) is 21.3 Å². The molecule has 19 heavy (non-hydrogen) atoms. The number of hydrogen-bond acceptors (Lipinski definition) is 2. The summed E-state index contributed by atoms with van der Waals surface area (Å²) in [4.78, 5) is 0. The van der Waals surface area contributed by atoms with Crippen molar-refractivity contribution in [2.24, 2.45) is 5.92 Å². The van der Waals surface area contributed by atoms with Gasteiger partial charge in [0, 0.05) is 6.04 Å². The number of rotatable bonds is 6. The molecule has 0 spiro atoms. The Bertz CT molecular complexity index is 338. The van der Waals surface area contributed by atoms with Crippen LogP contribution in [-0.2, 0) is 0 Å². The molecule has 2 nitrogen and oxygen atoms in total. The lowest BCUT2D eigenvalue weighted by Crippen LogP contribution is -2.36. The van der Waals surface area contributed by atoms with E-state index in [0.717, 1.165) is 24.8 Å². The van der Waals surface area contributed by atoms with Crippen LogP contribution in [0.5, 0.6) is 5.75 Å². The highest BCUT2D eigenvalue weighted by Gasteiger charge is 2.22. The summed E-state index contributed by atoms with van der Waals surface area (Å²) >= 11 is 0. The third kappa shape index (κ3) is 4.87. The maximum absolute atomic E-state index is 5.85. The van der Waals surface area contributed by atoms with Crippen LogP contribution in [0.4, 0.5) is 0 Å². The molecule has 1 N–H and O–H groups in total. The lowest BCUT2D eigenvalue weighted by molar-refractivity contribution is 0.239. The van der Waals surface area contributed by atoms with Gasteiger partial charge >= 0.3 is 0 Å². The average Bonchev–Trinajstić information content (AvgIpc) is 2.66. The molecule has 106 valence electrons. The maximum atomic E-state index is 5.85. The van der Waals surface area contributed by atoms with E-state index in [9.17, 15) is 0 Å². The minimum Gasteiger partial charge on any atom is -0.494 e. The van der Waals surface area contributed by atoms with Crippen molar-refractivity contribution in [3.05, 3.63) is 30.3 Å². The van der Waals surface area contributed by atoms with E-state index in [0.29, 0.717) is 6.04 Å². The minimum absolute atomic E-state index is 0.701. The van der Waals surface area contributed by atoms with Crippen molar-refractivity contribution in [2.75, 3.05) is 13.2 Å². The van der Waals surface area contributed by atoms with Gasteiger partial charge in [-0.3, -0.25) is 0 Å². The molecule has 2 rings (SSSR count). The van der Waals surface area contributed by atoms with Crippen LogP contribution in [0.3, 0.4) is 0 Å². The molecule has 2 unspecified atom stereocenters. The first-order valence-corrected chi connectivity index (χ1v) is 7.81. The highest BCUT2D eigenvalue weighted by Crippen LogP contribution is 2.26. The van der Waals surface area contributed by atoms with Gasteiger partial charge in [0.15, 0.2) is 0 Å². The van der Waals surface area contributed by atoms with Crippen LogP contribution in [0.2, 0.25) is 0 Å². The van der Waals surface area contributed by atoms with Crippen molar-refractivity contribution in [1.82, 2.24) is 5.32 Å². The second kappa shape index (κ2) is 8.21. The summed E-state index contributed by atoms with van der Waals surface area (Å²) in [5.41, 5.74) is 0. The predicted octanol–water partition coefficient (Wildman–Crippen LogP) is 4.01. The van der Waals surface area contributed by atoms with E-state index in [1.54, 1.807) is 0 Å². The normalized spacial score (nSPS) is 23.8. The summed E-state index contributed by atoms with van der Waals surface area (Å²) < 4.78 is 5.85. The molecule has 0 heterocycles. The van der Waals surface area contributed by atoms with Crippen molar-refractivity contribution in [3.63, 3.8) is 0 Å². The summed E-state index contributed by atoms with van der Waals surface area (Å²) in [5, 5.41) is 3.67. The van der Waals surface area contributed by atoms with Gasteiger partial charge in [-0.2, -0.15) is 0 Å². The monoisotopic (exact) mass is 261 g/mol. The molecule has 1 saturated carbocycles. The van der Waals surface area contributed by atoms with E-state index < -0.39 is 0 Å². The molecule has 1 aliphatic carbocycles. The smallest absolute Gasteiger partial charge is 0.119 e. The van der Waals surface area contributed by atoms with E-state index in [1.165, 1.54) is 38.5 Å². The molecule has 1 aromatic carbocycles. The number of benzene rings is 1. The SMILES string of the molecule is CCNC1CCCCCC1CCOc1ccccc1. The largest absolute Gasteiger partial charge is 0.494 e. The van der Waals surface area contributed by atoms with E-state index >= 15 is 0 Å². The molecule has 1 fully saturated rings. The van der Waals surface area contributed by atoms with Crippen molar-refractivity contribution in [1.29, 1.82) is 0 Å². The molecule has 0 aliphatic heterocycles. The van der Waals surface area contributed by atoms with Gasteiger partial charge in [-0.1, -0.05) is 44.4 Å². The zero-order valence-corrected chi connectivity index (χ0v) is 12.1. The molecule has 0 aromatic heterocycles. The first kappa shape index (κ1) is 14.4. The summed E-state index contributed by atoms with van der Waals surface area (Å²) in [6.07, 6.45) is 8.04. The molecule has 2 atom stereocenters. The molecule has 0 radical (unpaired) electrons. The van der Waals surface area contributed by atoms with Crippen molar-refractivity contribution in [2.45, 2.75) is 51.5 Å². The Balaban J connectivity index is 1.78. The zero-order chi connectivity index (χ0) is 13.3. The van der Waals surface area contributed by atoms with Gasteiger partial charge in [0.25, 0.3) is 0 Å². The molecule has 0 bridgehead atoms. The third-order valence-corrected chi connectivity index (χ3v) is 4.13. The Morgan fingerprint density at radius 3 is 2.68 bits per heavy atom. The predicted molar refractivity (Wildman–Crippen MR) is 80.6 cm³/mol. The second-order valence-electron chi connectivity index (χ2n) is 5.51. The van der Waals surface area contributed by atoms with Crippen LogP contribution in [0.15, 0.2) is 30.3 Å². The highest BCUT2D eigenvalue weighted by molar-refractivity contribution is 5.20. The Morgan fingerprint density at radius 1 is 1.11 bits per heavy atom. The Labute approximate surface area is 117 Å². The summed E-state index contributed by atoms with van der Waals surface area (Å²) in [5.74, 6) is 1.78. The van der Waals surface area contributed by atoms with Crippen LogP contribution >= 0.6 is 0 Å². The van der Waals surface area contributed by atoms with Crippen LogP contribution in [-0.4, -0.2) is 19.2 Å². The maximum Gasteiger partial charge on any atom is 0.119 e. The zero-order valence-electron chi connectivity index (χ0n) is 12.1. The first-order chi connectivity index (χ1) is 9.40. The lowest BCUT2D eigenvalue weighted by atomic mass is 9.92. The van der Waals surface area contributed by atoms with Gasteiger partial charge in [-0.15, -0.1) is 0 Å². The fraction of sp³-hybridized carbons (Fsp3) is 0.647. The summed E-state index contributed by atoms with van der Waals surface area (Å²) in [6, 6.07) is 10.9. The average molecular weight is 261 g/mol. The van der Waals surface area contributed by atoms with Crippen molar-refractivity contribution >= 4 is 0 Å². The van der Waals surface area contributed by atoms with Crippen LogP contribution in [0.25, 0.3) is 0 Å². The molecule has 0 amide bonds. The molecular weight excluding hydrogens is 234 g/mol. The molecule has 1 aliphatic rings. The van der Waals surface area contributed by atoms with Gasteiger partial charge in [0.1, 0.15) is 5.75 Å². The number of nitrogens with one attached hydrogen (secondary N) is 1. The minimum atomic E-state index is 0.701. The second-order valence-corrected chi connectivity index (χ2v) is 5.51. The fourth-order valence-electron chi connectivity index (χ4n) is 3.11. The van der Waals surface area contributed by atoms with Crippen LogP contribution in [0.1, 0.15) is 45.4 Å². The quantitative estimate of drug-likeness (QED) is 0.781. The van der Waals surface area contributed by atoms with Gasteiger partial charge in [-0.25, -0.2) is 0 Å². The molecule has 2 heteroatoms. The fourth-order valence-corrected chi connectivity index (χ4v) is 3.11. The van der Waals surface area contributed by atoms with E-state index in [4.69, 9.17) is 4.74 Å². The van der Waals surface area contributed by atoms with Gasteiger partial charge in [0.2, 0.25) is 0 Å². The molecule has 0 saturated heterocycles. The van der Waals surface area contributed by atoms with Crippen LogP contribution in [0, 0.1) is 5.92 Å². The Morgan fingerprint density at radius 2 is 1.89 bits per heavy atom. The number of hydrogen-bond donors (Lipinski definition) is 1. The van der Waals surface area contributed by atoms with E-state index in [-0.39, 0.29) is 0 Å². The third-order valence-electron chi connectivity index (χ3n) is 4.13. The standard InChI is InChI=1S/C17H27NO/c1-2-18-17-12-8-3-5-9-15(17)13-14-19-16-10-6-4-7-11-16/h4,6-7,10-11,15,17-18H,2-3,5,8-9,12-14H2,1H3. The van der Waals surface area contributed by atoms with Crippen molar-refractivity contribution in [3.8, 4) is 5.75 Å². The van der Waals surface area contributed by atoms with E-state index in [2.05, 4.69) is 12.2 Å². The number of ether oxygens (including phenoxy) is 1. The first-order valence-electron chi connectivity index (χ1n) is 7.81. The van der Waals surface area contributed by atoms with Gasteiger partial charge in [-0.05, 0) is 43.9 Å². The summed E-state index contributed by atoms with van der Waals surface area (Å²) in [7, 11) is 0. The van der Waals surface area contributed by atoms with Crippen LogP contribution < -0.4 is 10.1 Å². The Kier molecular flexibility index (Phi) is 6.22.